The number of amidine groups is 1. The lowest BCUT2D eigenvalue weighted by Crippen LogP contribution is -2.35. The van der Waals surface area contributed by atoms with Gasteiger partial charge in [-0.15, -0.1) is 0 Å². The Bertz CT molecular complexity index is 1290. The first-order chi connectivity index (χ1) is 15.8. The number of rotatable bonds is 7. The van der Waals surface area contributed by atoms with Gasteiger partial charge in [0, 0.05) is 29.9 Å². The van der Waals surface area contributed by atoms with Gasteiger partial charge in [0.2, 0.25) is 5.91 Å². The Morgan fingerprint density at radius 1 is 1.03 bits per heavy atom. The number of amides is 1. The second-order valence-corrected chi connectivity index (χ2v) is 9.71. The SMILES string of the molecule is N=C(N)c1cccc(CCC(=O)N2CCCc3cc(NS(=O)(=O)c4ccccc4)ccc32)c1. The number of hydrogen-bond acceptors (Lipinski definition) is 4. The van der Waals surface area contributed by atoms with Crippen LogP contribution >= 0.6 is 0 Å². The van der Waals surface area contributed by atoms with Gasteiger partial charge in [0.25, 0.3) is 10.0 Å². The monoisotopic (exact) mass is 462 g/mol. The van der Waals surface area contributed by atoms with E-state index in [0.717, 1.165) is 29.7 Å². The highest BCUT2D eigenvalue weighted by Gasteiger charge is 2.23. The fourth-order valence-electron chi connectivity index (χ4n) is 4.01. The first-order valence-corrected chi connectivity index (χ1v) is 12.3. The van der Waals surface area contributed by atoms with Crippen molar-refractivity contribution < 1.29 is 13.2 Å². The van der Waals surface area contributed by atoms with Gasteiger partial charge in [0.1, 0.15) is 5.84 Å². The number of fused-ring (bicyclic) bond motifs is 1. The van der Waals surface area contributed by atoms with Gasteiger partial charge >= 0.3 is 0 Å². The van der Waals surface area contributed by atoms with Crippen LogP contribution in [-0.2, 0) is 27.7 Å². The molecule has 0 aromatic heterocycles. The van der Waals surface area contributed by atoms with Crippen LogP contribution in [0.5, 0.6) is 0 Å². The molecule has 0 radical (unpaired) electrons. The number of nitrogens with two attached hydrogens (primary N) is 1. The third-order valence-corrected chi connectivity index (χ3v) is 7.07. The van der Waals surface area contributed by atoms with E-state index < -0.39 is 10.0 Å². The molecule has 3 aromatic carbocycles. The molecule has 1 aliphatic heterocycles. The molecule has 1 heterocycles. The van der Waals surface area contributed by atoms with Crippen LogP contribution in [0.4, 0.5) is 11.4 Å². The molecule has 4 N–H and O–H groups in total. The van der Waals surface area contributed by atoms with Gasteiger partial charge in [-0.25, -0.2) is 8.42 Å². The second-order valence-electron chi connectivity index (χ2n) is 8.03. The number of sulfonamides is 1. The van der Waals surface area contributed by atoms with Gasteiger partial charge in [-0.05, 0) is 66.8 Å². The van der Waals surface area contributed by atoms with Crippen LogP contribution in [0.2, 0.25) is 0 Å². The van der Waals surface area contributed by atoms with Crippen molar-refractivity contribution >= 4 is 33.1 Å². The molecule has 33 heavy (non-hydrogen) atoms. The molecule has 0 unspecified atom stereocenters. The molecule has 0 saturated carbocycles. The Labute approximate surface area is 193 Å². The van der Waals surface area contributed by atoms with Crippen LogP contribution in [0.15, 0.2) is 77.7 Å². The van der Waals surface area contributed by atoms with Crippen molar-refractivity contribution in [2.24, 2.45) is 5.73 Å². The van der Waals surface area contributed by atoms with Gasteiger partial charge in [-0.1, -0.05) is 36.4 Å². The van der Waals surface area contributed by atoms with Crippen molar-refractivity contribution in [1.82, 2.24) is 0 Å². The van der Waals surface area contributed by atoms with Crippen molar-refractivity contribution in [2.75, 3.05) is 16.2 Å². The summed E-state index contributed by atoms with van der Waals surface area (Å²) in [5, 5.41) is 7.57. The first-order valence-electron chi connectivity index (χ1n) is 10.8. The molecular formula is C25H26N4O3S. The van der Waals surface area contributed by atoms with Gasteiger partial charge in [0.15, 0.2) is 0 Å². The molecule has 170 valence electrons. The number of carbonyl (C=O) groups is 1. The molecule has 0 atom stereocenters. The minimum Gasteiger partial charge on any atom is -0.384 e. The quantitative estimate of drug-likeness (QED) is 0.367. The fourth-order valence-corrected chi connectivity index (χ4v) is 5.08. The zero-order valence-electron chi connectivity index (χ0n) is 18.1. The number of nitrogens with one attached hydrogen (secondary N) is 2. The summed E-state index contributed by atoms with van der Waals surface area (Å²) in [5.41, 5.74) is 9.41. The van der Waals surface area contributed by atoms with Crippen molar-refractivity contribution in [3.05, 3.63) is 89.5 Å². The van der Waals surface area contributed by atoms with Crippen molar-refractivity contribution in [2.45, 2.75) is 30.6 Å². The molecule has 1 amide bonds. The molecule has 8 heteroatoms. The number of benzene rings is 3. The number of hydrogen-bond donors (Lipinski definition) is 3. The van der Waals surface area contributed by atoms with Crippen LogP contribution in [0.25, 0.3) is 0 Å². The number of aryl methyl sites for hydroxylation is 2. The second kappa shape index (κ2) is 9.46. The van der Waals surface area contributed by atoms with Crippen molar-refractivity contribution in [3.8, 4) is 0 Å². The number of nitrogen functional groups attached to an aromatic ring is 1. The minimum atomic E-state index is -3.67. The average Bonchev–Trinajstić information content (AvgIpc) is 2.82. The Morgan fingerprint density at radius 3 is 2.58 bits per heavy atom. The summed E-state index contributed by atoms with van der Waals surface area (Å²) in [6.45, 7) is 0.633. The van der Waals surface area contributed by atoms with Crippen LogP contribution in [-0.4, -0.2) is 26.7 Å². The lowest BCUT2D eigenvalue weighted by molar-refractivity contribution is -0.118. The maximum absolute atomic E-state index is 13.0. The van der Waals surface area contributed by atoms with E-state index in [-0.39, 0.29) is 16.6 Å². The topological polar surface area (TPSA) is 116 Å². The highest BCUT2D eigenvalue weighted by molar-refractivity contribution is 7.92. The first kappa shape index (κ1) is 22.5. The molecule has 1 aliphatic rings. The largest absolute Gasteiger partial charge is 0.384 e. The zero-order valence-corrected chi connectivity index (χ0v) is 18.9. The maximum Gasteiger partial charge on any atom is 0.261 e. The van der Waals surface area contributed by atoms with E-state index in [1.165, 1.54) is 0 Å². The number of nitrogens with zero attached hydrogens (tertiary/aromatic N) is 1. The lowest BCUT2D eigenvalue weighted by Gasteiger charge is -2.30. The summed E-state index contributed by atoms with van der Waals surface area (Å²) in [4.78, 5) is 15.0. The minimum absolute atomic E-state index is 0.00632. The normalized spacial score (nSPS) is 13.3. The van der Waals surface area contributed by atoms with Crippen molar-refractivity contribution in [1.29, 1.82) is 5.41 Å². The smallest absolute Gasteiger partial charge is 0.261 e. The molecule has 0 saturated heterocycles. The van der Waals surface area contributed by atoms with Crippen LogP contribution in [0, 0.1) is 5.41 Å². The Morgan fingerprint density at radius 2 is 1.82 bits per heavy atom. The van der Waals surface area contributed by atoms with E-state index in [1.54, 1.807) is 47.4 Å². The molecule has 3 aromatic rings. The summed E-state index contributed by atoms with van der Waals surface area (Å²) in [7, 11) is -3.67. The molecule has 4 rings (SSSR count). The molecule has 0 spiro atoms. The summed E-state index contributed by atoms with van der Waals surface area (Å²) in [5.74, 6) is 0.0219. The zero-order chi connectivity index (χ0) is 23.4. The summed E-state index contributed by atoms with van der Waals surface area (Å²) >= 11 is 0. The van der Waals surface area contributed by atoms with E-state index in [9.17, 15) is 13.2 Å². The van der Waals surface area contributed by atoms with E-state index in [2.05, 4.69) is 4.72 Å². The highest BCUT2D eigenvalue weighted by atomic mass is 32.2. The van der Waals surface area contributed by atoms with E-state index >= 15 is 0 Å². The molecule has 7 nitrogen and oxygen atoms in total. The van der Waals surface area contributed by atoms with Gasteiger partial charge in [-0.3, -0.25) is 14.9 Å². The lowest BCUT2D eigenvalue weighted by atomic mass is 10.00. The number of carbonyl (C=O) groups excluding carboxylic acids is 1. The van der Waals surface area contributed by atoms with E-state index in [0.29, 0.717) is 30.6 Å². The maximum atomic E-state index is 13.0. The van der Waals surface area contributed by atoms with Crippen LogP contribution in [0.1, 0.15) is 29.5 Å². The van der Waals surface area contributed by atoms with Gasteiger partial charge in [0.05, 0.1) is 4.90 Å². The predicted molar refractivity (Wildman–Crippen MR) is 130 cm³/mol. The third-order valence-electron chi connectivity index (χ3n) is 5.67. The summed E-state index contributed by atoms with van der Waals surface area (Å²) in [6, 6.07) is 20.9. The highest BCUT2D eigenvalue weighted by Crippen LogP contribution is 2.31. The van der Waals surface area contributed by atoms with E-state index in [4.69, 9.17) is 11.1 Å². The Balaban J connectivity index is 1.47. The molecule has 0 aliphatic carbocycles. The molecule has 0 fully saturated rings. The summed E-state index contributed by atoms with van der Waals surface area (Å²) in [6.07, 6.45) is 2.48. The third kappa shape index (κ3) is 5.23. The summed E-state index contributed by atoms with van der Waals surface area (Å²) < 4.78 is 27.9. The number of anilines is 2. The van der Waals surface area contributed by atoms with Gasteiger partial charge in [-0.2, -0.15) is 0 Å². The van der Waals surface area contributed by atoms with Gasteiger partial charge < -0.3 is 10.6 Å². The molecule has 0 bridgehead atoms. The Kier molecular flexibility index (Phi) is 6.46. The molecular weight excluding hydrogens is 436 g/mol. The van der Waals surface area contributed by atoms with Crippen LogP contribution < -0.4 is 15.4 Å². The Hall–Kier alpha value is -3.65. The van der Waals surface area contributed by atoms with Crippen LogP contribution in [0.3, 0.4) is 0 Å². The fraction of sp³-hybridized carbons (Fsp3) is 0.200. The van der Waals surface area contributed by atoms with Crippen molar-refractivity contribution in [3.63, 3.8) is 0 Å². The predicted octanol–water partition coefficient (Wildman–Crippen LogP) is 3.68. The standard InChI is InChI=1S/C25H26N4O3S/c26-25(27)20-7-4-6-18(16-20)11-14-24(30)29-15-5-8-19-17-21(12-13-23(19)29)28-33(31,32)22-9-2-1-3-10-22/h1-4,6-7,9-10,12-13,16-17,28H,5,8,11,14-15H2,(H3,26,27). The average molecular weight is 463 g/mol. The van der Waals surface area contributed by atoms with E-state index in [1.807, 2.05) is 30.3 Å².